The van der Waals surface area contributed by atoms with Gasteiger partial charge in [0.05, 0.1) is 0 Å². The minimum Gasteiger partial charge on any atom is -0.507 e. The SMILES string of the molecule is CC(C)(C)c1cc(-c2ncc(C3CCNCC3)s2)cc(C(C)(C)C)c1O. The quantitative estimate of drug-likeness (QED) is 0.723. The largest absolute Gasteiger partial charge is 0.507 e. The van der Waals surface area contributed by atoms with Gasteiger partial charge in [-0.2, -0.15) is 0 Å². The maximum absolute atomic E-state index is 10.9. The molecule has 2 heterocycles. The number of benzene rings is 1. The van der Waals surface area contributed by atoms with Crippen LogP contribution in [-0.4, -0.2) is 23.2 Å². The predicted molar refractivity (Wildman–Crippen MR) is 111 cm³/mol. The molecule has 0 amide bonds. The molecular weight excluding hydrogens is 340 g/mol. The molecule has 0 radical (unpaired) electrons. The van der Waals surface area contributed by atoms with Gasteiger partial charge in [0, 0.05) is 27.8 Å². The van der Waals surface area contributed by atoms with Crippen LogP contribution in [0.15, 0.2) is 18.3 Å². The Morgan fingerprint density at radius 1 is 1.00 bits per heavy atom. The number of aromatic hydroxyl groups is 1. The Kier molecular flexibility index (Phi) is 5.19. The van der Waals surface area contributed by atoms with Crippen molar-refractivity contribution in [1.29, 1.82) is 0 Å². The summed E-state index contributed by atoms with van der Waals surface area (Å²) < 4.78 is 0. The third-order valence-corrected chi connectivity index (χ3v) is 6.45. The minimum atomic E-state index is -0.116. The average molecular weight is 373 g/mol. The van der Waals surface area contributed by atoms with Crippen LogP contribution in [0.2, 0.25) is 0 Å². The molecule has 0 bridgehead atoms. The van der Waals surface area contributed by atoms with Crippen molar-refractivity contribution in [3.8, 4) is 16.3 Å². The lowest BCUT2D eigenvalue weighted by atomic mass is 9.78. The van der Waals surface area contributed by atoms with Crippen LogP contribution in [-0.2, 0) is 10.8 Å². The maximum Gasteiger partial charge on any atom is 0.123 e. The number of hydrogen-bond donors (Lipinski definition) is 2. The van der Waals surface area contributed by atoms with Gasteiger partial charge in [0.1, 0.15) is 10.8 Å². The molecule has 1 aromatic heterocycles. The van der Waals surface area contributed by atoms with Gasteiger partial charge in [0.15, 0.2) is 0 Å². The standard InChI is InChI=1S/C22H32N2OS/c1-21(2,3)16-11-15(12-17(19(16)25)22(4,5)6)20-24-13-18(26-20)14-7-9-23-10-8-14/h11-14,23,25H,7-10H2,1-6H3. The van der Waals surface area contributed by atoms with E-state index >= 15 is 0 Å². The van der Waals surface area contributed by atoms with E-state index in [0.717, 1.165) is 34.8 Å². The highest BCUT2D eigenvalue weighted by atomic mass is 32.1. The molecule has 1 aliphatic rings. The zero-order valence-electron chi connectivity index (χ0n) is 16.9. The van der Waals surface area contributed by atoms with Crippen molar-refractivity contribution in [2.24, 2.45) is 0 Å². The van der Waals surface area contributed by atoms with Gasteiger partial charge < -0.3 is 10.4 Å². The van der Waals surface area contributed by atoms with Crippen molar-refractivity contribution in [3.63, 3.8) is 0 Å². The van der Waals surface area contributed by atoms with Gasteiger partial charge in [-0.05, 0) is 54.8 Å². The van der Waals surface area contributed by atoms with E-state index in [2.05, 4.69) is 65.2 Å². The van der Waals surface area contributed by atoms with Gasteiger partial charge >= 0.3 is 0 Å². The smallest absolute Gasteiger partial charge is 0.123 e. The summed E-state index contributed by atoms with van der Waals surface area (Å²) in [6.07, 6.45) is 4.45. The number of aromatic nitrogens is 1. The highest BCUT2D eigenvalue weighted by Crippen LogP contribution is 2.43. The fourth-order valence-corrected chi connectivity index (χ4v) is 4.69. The van der Waals surface area contributed by atoms with E-state index in [9.17, 15) is 5.11 Å². The summed E-state index contributed by atoms with van der Waals surface area (Å²) in [6.45, 7) is 15.1. The number of nitrogens with one attached hydrogen (secondary N) is 1. The molecule has 2 aromatic rings. The topological polar surface area (TPSA) is 45.2 Å². The lowest BCUT2D eigenvalue weighted by molar-refractivity contribution is 0.423. The minimum absolute atomic E-state index is 0.116. The highest BCUT2D eigenvalue weighted by Gasteiger charge is 2.27. The molecule has 0 atom stereocenters. The number of hydrogen-bond acceptors (Lipinski definition) is 4. The van der Waals surface area contributed by atoms with E-state index in [-0.39, 0.29) is 10.8 Å². The molecule has 3 nitrogen and oxygen atoms in total. The fourth-order valence-electron chi connectivity index (χ4n) is 3.62. The molecule has 1 aromatic carbocycles. The monoisotopic (exact) mass is 372 g/mol. The molecule has 0 unspecified atom stereocenters. The van der Waals surface area contributed by atoms with Crippen molar-refractivity contribution in [1.82, 2.24) is 10.3 Å². The number of piperidine rings is 1. The Labute approximate surface area is 161 Å². The molecule has 0 spiro atoms. The Hall–Kier alpha value is -1.39. The van der Waals surface area contributed by atoms with Crippen molar-refractivity contribution in [3.05, 3.63) is 34.3 Å². The molecule has 1 aliphatic heterocycles. The number of phenolic OH excluding ortho intramolecular Hbond substituents is 1. The lowest BCUT2D eigenvalue weighted by Gasteiger charge is -2.28. The predicted octanol–water partition coefficient (Wildman–Crippen LogP) is 5.58. The van der Waals surface area contributed by atoms with Gasteiger partial charge in [-0.1, -0.05) is 41.5 Å². The molecule has 4 heteroatoms. The average Bonchev–Trinajstić information content (AvgIpc) is 3.03. The molecule has 26 heavy (non-hydrogen) atoms. The molecule has 142 valence electrons. The van der Waals surface area contributed by atoms with Crippen LogP contribution in [0.3, 0.4) is 0 Å². The zero-order chi connectivity index (χ0) is 19.1. The number of rotatable bonds is 2. The summed E-state index contributed by atoms with van der Waals surface area (Å²) in [5.74, 6) is 1.06. The molecule has 2 N–H and O–H groups in total. The van der Waals surface area contributed by atoms with Crippen LogP contribution in [0, 0.1) is 0 Å². The lowest BCUT2D eigenvalue weighted by Crippen LogP contribution is -2.26. The van der Waals surface area contributed by atoms with E-state index < -0.39 is 0 Å². The first-order valence-electron chi connectivity index (χ1n) is 9.62. The Bertz CT molecular complexity index is 739. The second kappa shape index (κ2) is 6.97. The van der Waals surface area contributed by atoms with Crippen LogP contribution in [0.25, 0.3) is 10.6 Å². The van der Waals surface area contributed by atoms with Gasteiger partial charge in [0.25, 0.3) is 0 Å². The number of phenols is 1. The molecule has 3 rings (SSSR count). The Balaban J connectivity index is 2.06. The summed E-state index contributed by atoms with van der Waals surface area (Å²) in [5, 5.41) is 15.4. The molecule has 1 saturated heterocycles. The second-order valence-corrected chi connectivity index (χ2v) is 10.6. The van der Waals surface area contributed by atoms with Crippen LogP contribution >= 0.6 is 11.3 Å². The van der Waals surface area contributed by atoms with Crippen LogP contribution in [0.4, 0.5) is 0 Å². The molecule has 0 saturated carbocycles. The van der Waals surface area contributed by atoms with Crippen molar-refractivity contribution >= 4 is 11.3 Å². The van der Waals surface area contributed by atoms with Gasteiger partial charge in [0.2, 0.25) is 0 Å². The summed E-state index contributed by atoms with van der Waals surface area (Å²) in [4.78, 5) is 6.15. The van der Waals surface area contributed by atoms with E-state index in [1.807, 2.05) is 11.3 Å². The van der Waals surface area contributed by atoms with E-state index in [1.54, 1.807) is 0 Å². The fraction of sp³-hybridized carbons (Fsp3) is 0.591. The zero-order valence-corrected chi connectivity index (χ0v) is 17.8. The van der Waals surface area contributed by atoms with Gasteiger partial charge in [-0.15, -0.1) is 11.3 Å². The molecular formula is C22H32N2OS. The normalized spacial score (nSPS) is 16.8. The summed E-state index contributed by atoms with van der Waals surface area (Å²) in [7, 11) is 0. The highest BCUT2D eigenvalue weighted by molar-refractivity contribution is 7.15. The first-order chi connectivity index (χ1) is 12.1. The first-order valence-corrected chi connectivity index (χ1v) is 10.4. The van der Waals surface area contributed by atoms with Crippen molar-refractivity contribution in [2.45, 2.75) is 71.1 Å². The van der Waals surface area contributed by atoms with Crippen molar-refractivity contribution in [2.75, 3.05) is 13.1 Å². The third kappa shape index (κ3) is 3.96. The maximum atomic E-state index is 10.9. The van der Waals surface area contributed by atoms with Crippen molar-refractivity contribution < 1.29 is 5.11 Å². The summed E-state index contributed by atoms with van der Waals surface area (Å²) in [5.41, 5.74) is 2.89. The van der Waals surface area contributed by atoms with E-state index in [1.165, 1.54) is 17.7 Å². The first kappa shape index (κ1) is 19.4. The number of thiazole rings is 1. The number of nitrogens with zero attached hydrogens (tertiary/aromatic N) is 1. The summed E-state index contributed by atoms with van der Waals surface area (Å²) >= 11 is 1.82. The second-order valence-electron chi connectivity index (χ2n) is 9.51. The van der Waals surface area contributed by atoms with E-state index in [0.29, 0.717) is 11.7 Å². The van der Waals surface area contributed by atoms with Gasteiger partial charge in [-0.3, -0.25) is 0 Å². The Morgan fingerprint density at radius 2 is 1.54 bits per heavy atom. The summed E-state index contributed by atoms with van der Waals surface area (Å²) in [6, 6.07) is 4.27. The van der Waals surface area contributed by atoms with Crippen LogP contribution < -0.4 is 5.32 Å². The van der Waals surface area contributed by atoms with Crippen LogP contribution in [0.1, 0.15) is 76.3 Å². The third-order valence-electron chi connectivity index (χ3n) is 5.24. The molecule has 1 fully saturated rings. The van der Waals surface area contributed by atoms with E-state index in [4.69, 9.17) is 4.98 Å². The molecule has 0 aliphatic carbocycles. The van der Waals surface area contributed by atoms with Crippen LogP contribution in [0.5, 0.6) is 5.75 Å². The van der Waals surface area contributed by atoms with Gasteiger partial charge in [-0.25, -0.2) is 4.98 Å². The Morgan fingerprint density at radius 3 is 2.04 bits per heavy atom.